The number of carbonyl (C=O) groups excluding carboxylic acids is 1. The molecule has 2 aromatic rings. The molecule has 0 aliphatic heterocycles. The first-order valence-corrected chi connectivity index (χ1v) is 7.62. The summed E-state index contributed by atoms with van der Waals surface area (Å²) in [4.78, 5) is 20.6. The van der Waals surface area contributed by atoms with Crippen LogP contribution < -0.4 is 5.32 Å². The first kappa shape index (κ1) is 14.8. The minimum absolute atomic E-state index is 0.00998. The number of rotatable bonds is 4. The normalized spacial score (nSPS) is 14.9. The standard InChI is InChI=1S/C17H21N3O2/c1-17(2,3)13-6-7-18-8-12(13)9-19-16(21)14-15(11-4-5-11)22-10-20-14/h6-8,10-11H,4-5,9H2,1-3H3,(H,19,21). The molecule has 0 saturated heterocycles. The Hall–Kier alpha value is -2.17. The van der Waals surface area contributed by atoms with Gasteiger partial charge in [-0.2, -0.15) is 0 Å². The zero-order valence-electron chi connectivity index (χ0n) is 13.2. The molecule has 1 amide bonds. The first-order chi connectivity index (χ1) is 10.5. The van der Waals surface area contributed by atoms with Crippen LogP contribution in [0.2, 0.25) is 0 Å². The van der Waals surface area contributed by atoms with E-state index in [1.807, 2.05) is 12.3 Å². The van der Waals surface area contributed by atoms with Crippen LogP contribution >= 0.6 is 0 Å². The average molecular weight is 299 g/mol. The van der Waals surface area contributed by atoms with E-state index in [2.05, 4.69) is 36.1 Å². The Kier molecular flexibility index (Phi) is 3.72. The van der Waals surface area contributed by atoms with Crippen LogP contribution in [0, 0.1) is 0 Å². The van der Waals surface area contributed by atoms with Gasteiger partial charge in [0.05, 0.1) is 0 Å². The highest BCUT2D eigenvalue weighted by Crippen LogP contribution is 2.41. The van der Waals surface area contributed by atoms with Crippen molar-refractivity contribution in [2.75, 3.05) is 0 Å². The highest BCUT2D eigenvalue weighted by molar-refractivity contribution is 5.93. The van der Waals surface area contributed by atoms with E-state index in [0.717, 1.165) is 24.2 Å². The third-order valence-electron chi connectivity index (χ3n) is 3.91. The minimum Gasteiger partial charge on any atom is -0.447 e. The molecule has 0 unspecified atom stereocenters. The molecule has 1 N–H and O–H groups in total. The lowest BCUT2D eigenvalue weighted by Crippen LogP contribution is -2.26. The minimum atomic E-state index is -0.181. The summed E-state index contributed by atoms with van der Waals surface area (Å²) in [7, 11) is 0. The number of nitrogens with one attached hydrogen (secondary N) is 1. The number of nitrogens with zero attached hydrogens (tertiary/aromatic N) is 2. The summed E-state index contributed by atoms with van der Waals surface area (Å²) in [5, 5.41) is 2.94. The Labute approximate surface area is 130 Å². The van der Waals surface area contributed by atoms with Gasteiger partial charge in [-0.25, -0.2) is 4.98 Å². The van der Waals surface area contributed by atoms with Gasteiger partial charge in [0.1, 0.15) is 5.76 Å². The fourth-order valence-corrected chi connectivity index (χ4v) is 2.62. The molecule has 1 aliphatic rings. The average Bonchev–Trinajstić information content (AvgIpc) is 3.21. The number of amides is 1. The maximum Gasteiger partial charge on any atom is 0.273 e. The van der Waals surface area contributed by atoms with Crippen molar-refractivity contribution in [2.45, 2.75) is 51.5 Å². The molecule has 2 aromatic heterocycles. The van der Waals surface area contributed by atoms with Crippen LogP contribution in [0.15, 0.2) is 29.3 Å². The third-order valence-corrected chi connectivity index (χ3v) is 3.91. The van der Waals surface area contributed by atoms with Gasteiger partial charge < -0.3 is 9.73 Å². The van der Waals surface area contributed by atoms with Crippen LogP contribution in [0.25, 0.3) is 0 Å². The van der Waals surface area contributed by atoms with Gasteiger partial charge in [-0.1, -0.05) is 20.8 Å². The van der Waals surface area contributed by atoms with E-state index < -0.39 is 0 Å². The molecule has 0 bridgehead atoms. The van der Waals surface area contributed by atoms with Crippen LogP contribution in [0.5, 0.6) is 0 Å². The highest BCUT2D eigenvalue weighted by Gasteiger charge is 2.32. The van der Waals surface area contributed by atoms with Crippen LogP contribution in [0.3, 0.4) is 0 Å². The van der Waals surface area contributed by atoms with Crippen molar-refractivity contribution in [2.24, 2.45) is 0 Å². The van der Waals surface area contributed by atoms with E-state index in [4.69, 9.17) is 4.42 Å². The van der Waals surface area contributed by atoms with Gasteiger partial charge in [0.15, 0.2) is 12.1 Å². The Morgan fingerprint density at radius 1 is 1.41 bits per heavy atom. The van der Waals surface area contributed by atoms with Crippen molar-refractivity contribution in [3.05, 3.63) is 47.4 Å². The molecule has 1 aliphatic carbocycles. The molecule has 1 fully saturated rings. The van der Waals surface area contributed by atoms with Crippen LogP contribution in [-0.2, 0) is 12.0 Å². The number of hydrogen-bond acceptors (Lipinski definition) is 4. The molecule has 2 heterocycles. The van der Waals surface area contributed by atoms with Crippen LogP contribution in [0.1, 0.15) is 66.9 Å². The van der Waals surface area contributed by atoms with E-state index in [0.29, 0.717) is 18.2 Å². The largest absolute Gasteiger partial charge is 0.447 e. The summed E-state index contributed by atoms with van der Waals surface area (Å²) in [5.41, 5.74) is 2.64. The van der Waals surface area contributed by atoms with Gasteiger partial charge in [-0.3, -0.25) is 9.78 Å². The van der Waals surface area contributed by atoms with Crippen molar-refractivity contribution in [1.82, 2.24) is 15.3 Å². The lowest BCUT2D eigenvalue weighted by Gasteiger charge is -2.22. The zero-order valence-corrected chi connectivity index (χ0v) is 13.2. The second-order valence-electron chi connectivity index (χ2n) is 6.80. The smallest absolute Gasteiger partial charge is 0.273 e. The Bertz CT molecular complexity index is 681. The first-order valence-electron chi connectivity index (χ1n) is 7.62. The summed E-state index contributed by atoms with van der Waals surface area (Å²) >= 11 is 0. The Morgan fingerprint density at radius 2 is 2.18 bits per heavy atom. The van der Waals surface area contributed by atoms with Crippen molar-refractivity contribution in [3.63, 3.8) is 0 Å². The van der Waals surface area contributed by atoms with Gasteiger partial charge >= 0.3 is 0 Å². The third kappa shape index (κ3) is 3.03. The number of oxazole rings is 1. The lowest BCUT2D eigenvalue weighted by atomic mass is 9.84. The van der Waals surface area contributed by atoms with Gasteiger partial charge in [0.25, 0.3) is 5.91 Å². The van der Waals surface area contributed by atoms with Gasteiger partial charge in [0, 0.05) is 24.9 Å². The summed E-state index contributed by atoms with van der Waals surface area (Å²) in [6.07, 6.45) is 7.10. The molecule has 3 rings (SSSR count). The predicted molar refractivity (Wildman–Crippen MR) is 82.6 cm³/mol. The van der Waals surface area contributed by atoms with E-state index in [1.54, 1.807) is 6.20 Å². The fraction of sp³-hybridized carbons (Fsp3) is 0.471. The molecule has 5 heteroatoms. The summed E-state index contributed by atoms with van der Waals surface area (Å²) in [5.74, 6) is 0.908. The summed E-state index contributed by atoms with van der Waals surface area (Å²) in [6.45, 7) is 6.89. The second kappa shape index (κ2) is 5.55. The number of hydrogen-bond donors (Lipinski definition) is 1. The van der Waals surface area contributed by atoms with E-state index in [-0.39, 0.29) is 11.3 Å². The lowest BCUT2D eigenvalue weighted by molar-refractivity contribution is 0.0944. The van der Waals surface area contributed by atoms with Crippen molar-refractivity contribution in [3.8, 4) is 0 Å². The van der Waals surface area contributed by atoms with E-state index in [1.165, 1.54) is 12.0 Å². The number of aromatic nitrogens is 2. The predicted octanol–water partition coefficient (Wildman–Crippen LogP) is 3.17. The Balaban J connectivity index is 1.73. The van der Waals surface area contributed by atoms with Crippen molar-refractivity contribution < 1.29 is 9.21 Å². The molecule has 0 radical (unpaired) electrons. The molecule has 0 spiro atoms. The number of carbonyl (C=O) groups is 1. The van der Waals surface area contributed by atoms with Crippen LogP contribution in [0.4, 0.5) is 0 Å². The van der Waals surface area contributed by atoms with E-state index in [9.17, 15) is 4.79 Å². The fourth-order valence-electron chi connectivity index (χ4n) is 2.62. The highest BCUT2D eigenvalue weighted by atomic mass is 16.3. The topological polar surface area (TPSA) is 68.0 Å². The molecule has 0 atom stereocenters. The molecule has 1 saturated carbocycles. The van der Waals surface area contributed by atoms with Crippen molar-refractivity contribution >= 4 is 5.91 Å². The van der Waals surface area contributed by atoms with Gasteiger partial charge in [0.2, 0.25) is 0 Å². The molecule has 5 nitrogen and oxygen atoms in total. The van der Waals surface area contributed by atoms with Crippen LogP contribution in [-0.4, -0.2) is 15.9 Å². The summed E-state index contributed by atoms with van der Waals surface area (Å²) in [6, 6.07) is 2.01. The Morgan fingerprint density at radius 3 is 2.86 bits per heavy atom. The maximum absolute atomic E-state index is 12.3. The second-order valence-corrected chi connectivity index (χ2v) is 6.80. The zero-order chi connectivity index (χ0) is 15.7. The molecular formula is C17H21N3O2. The quantitative estimate of drug-likeness (QED) is 0.941. The molecule has 22 heavy (non-hydrogen) atoms. The molecular weight excluding hydrogens is 278 g/mol. The molecule has 0 aromatic carbocycles. The molecule has 116 valence electrons. The monoisotopic (exact) mass is 299 g/mol. The maximum atomic E-state index is 12.3. The van der Waals surface area contributed by atoms with E-state index >= 15 is 0 Å². The SMILES string of the molecule is CC(C)(C)c1ccncc1CNC(=O)c1ncoc1C1CC1. The van der Waals surface area contributed by atoms with Gasteiger partial charge in [-0.05, 0) is 35.4 Å². The number of pyridine rings is 1. The van der Waals surface area contributed by atoms with Crippen molar-refractivity contribution in [1.29, 1.82) is 0 Å². The van der Waals surface area contributed by atoms with Gasteiger partial charge in [-0.15, -0.1) is 0 Å². The summed E-state index contributed by atoms with van der Waals surface area (Å²) < 4.78 is 5.36.